The predicted octanol–water partition coefficient (Wildman–Crippen LogP) is 6.79. The molecule has 0 aliphatic heterocycles. The minimum absolute atomic E-state index is 0.614. The number of imidazole rings is 1. The summed E-state index contributed by atoms with van der Waals surface area (Å²) in [6, 6.07) is 21.7. The molecular formula is C23H20Cl2N2O. The maximum absolute atomic E-state index is 6.20. The molecule has 142 valence electrons. The summed E-state index contributed by atoms with van der Waals surface area (Å²) in [5.41, 5.74) is 4.12. The van der Waals surface area contributed by atoms with E-state index in [1.807, 2.05) is 67.6 Å². The first kappa shape index (κ1) is 18.9. The summed E-state index contributed by atoms with van der Waals surface area (Å²) >= 11 is 12.3. The van der Waals surface area contributed by atoms with Gasteiger partial charge in [0.25, 0.3) is 0 Å². The van der Waals surface area contributed by atoms with Gasteiger partial charge in [-0.15, -0.1) is 0 Å². The molecule has 4 rings (SSSR count). The van der Waals surface area contributed by atoms with Crippen molar-refractivity contribution in [1.82, 2.24) is 9.55 Å². The molecule has 4 aromatic rings. The summed E-state index contributed by atoms with van der Waals surface area (Å²) < 4.78 is 8.14. The zero-order chi connectivity index (χ0) is 19.5. The second-order valence-corrected chi connectivity index (χ2v) is 7.54. The summed E-state index contributed by atoms with van der Waals surface area (Å²) in [6.07, 6.45) is 0.857. The molecule has 0 fully saturated rings. The molecule has 1 aromatic heterocycles. The fourth-order valence-corrected chi connectivity index (χ4v) is 3.58. The van der Waals surface area contributed by atoms with Gasteiger partial charge in [-0.3, -0.25) is 0 Å². The molecule has 3 nitrogen and oxygen atoms in total. The van der Waals surface area contributed by atoms with E-state index in [-0.39, 0.29) is 0 Å². The smallest absolute Gasteiger partial charge is 0.141 e. The second kappa shape index (κ2) is 8.26. The van der Waals surface area contributed by atoms with Gasteiger partial charge >= 0.3 is 0 Å². The third-order valence-corrected chi connectivity index (χ3v) is 5.32. The highest BCUT2D eigenvalue weighted by Crippen LogP contribution is 2.27. The molecule has 0 saturated carbocycles. The number of hydrogen-bond donors (Lipinski definition) is 0. The number of nitrogens with zero attached hydrogens (tertiary/aromatic N) is 2. The maximum atomic E-state index is 6.20. The lowest BCUT2D eigenvalue weighted by molar-refractivity contribution is 0.302. The van der Waals surface area contributed by atoms with Crippen LogP contribution in [0.1, 0.15) is 12.0 Å². The van der Waals surface area contributed by atoms with Crippen LogP contribution < -0.4 is 4.74 Å². The SMILES string of the molecule is Cc1cc(OCCCn2c(-c3cccc(Cl)c3)nc3ccccc32)ccc1Cl. The van der Waals surface area contributed by atoms with Crippen LogP contribution in [0.25, 0.3) is 22.4 Å². The maximum Gasteiger partial charge on any atom is 0.141 e. The molecule has 0 bridgehead atoms. The number of aryl methyl sites for hydroxylation is 2. The minimum Gasteiger partial charge on any atom is -0.494 e. The van der Waals surface area contributed by atoms with Crippen LogP contribution >= 0.6 is 23.2 Å². The Morgan fingerprint density at radius 3 is 2.64 bits per heavy atom. The van der Waals surface area contributed by atoms with E-state index in [1.54, 1.807) is 0 Å². The van der Waals surface area contributed by atoms with Crippen LogP contribution in [0.5, 0.6) is 5.75 Å². The van der Waals surface area contributed by atoms with Crippen LogP contribution in [0.4, 0.5) is 0 Å². The van der Waals surface area contributed by atoms with E-state index >= 15 is 0 Å². The highest BCUT2D eigenvalue weighted by Gasteiger charge is 2.12. The summed E-state index contributed by atoms with van der Waals surface area (Å²) in [4.78, 5) is 4.83. The van der Waals surface area contributed by atoms with Gasteiger partial charge in [0.15, 0.2) is 0 Å². The number of halogens is 2. The molecular weight excluding hydrogens is 391 g/mol. The topological polar surface area (TPSA) is 27.1 Å². The van der Waals surface area contributed by atoms with E-state index in [1.165, 1.54) is 0 Å². The Labute approximate surface area is 174 Å². The zero-order valence-electron chi connectivity index (χ0n) is 15.5. The third-order valence-electron chi connectivity index (χ3n) is 4.66. The Morgan fingerprint density at radius 1 is 0.964 bits per heavy atom. The number of aromatic nitrogens is 2. The lowest BCUT2D eigenvalue weighted by Gasteiger charge is -2.11. The van der Waals surface area contributed by atoms with Crippen molar-refractivity contribution in [2.75, 3.05) is 6.61 Å². The normalized spacial score (nSPS) is 11.1. The lowest BCUT2D eigenvalue weighted by atomic mass is 10.2. The minimum atomic E-state index is 0.614. The third kappa shape index (κ3) is 4.01. The van der Waals surface area contributed by atoms with E-state index in [0.29, 0.717) is 11.6 Å². The predicted molar refractivity (Wildman–Crippen MR) is 116 cm³/mol. The summed E-state index contributed by atoms with van der Waals surface area (Å²) in [5, 5.41) is 1.46. The highest BCUT2D eigenvalue weighted by molar-refractivity contribution is 6.31. The van der Waals surface area contributed by atoms with E-state index in [0.717, 1.165) is 51.7 Å². The summed E-state index contributed by atoms with van der Waals surface area (Å²) in [5.74, 6) is 1.76. The van der Waals surface area contributed by atoms with Gasteiger partial charge in [-0.05, 0) is 61.4 Å². The van der Waals surface area contributed by atoms with Gasteiger partial charge in [0, 0.05) is 22.2 Å². The molecule has 0 atom stereocenters. The standard InChI is InChI=1S/C23H20Cl2N2O/c1-16-14-19(10-11-20(16)25)28-13-5-12-27-22-9-3-2-8-21(22)26-23(27)17-6-4-7-18(24)15-17/h2-4,6-11,14-15H,5,12-13H2,1H3. The quantitative estimate of drug-likeness (QED) is 0.327. The number of hydrogen-bond acceptors (Lipinski definition) is 2. The molecule has 0 amide bonds. The number of rotatable bonds is 6. The van der Waals surface area contributed by atoms with Crippen LogP contribution in [0.15, 0.2) is 66.7 Å². The molecule has 3 aromatic carbocycles. The zero-order valence-corrected chi connectivity index (χ0v) is 17.0. The molecule has 0 spiro atoms. The first-order valence-corrected chi connectivity index (χ1v) is 9.97. The average molecular weight is 411 g/mol. The van der Waals surface area contributed by atoms with Crippen LogP contribution in [0.3, 0.4) is 0 Å². The van der Waals surface area contributed by atoms with Gasteiger partial charge in [0.2, 0.25) is 0 Å². The molecule has 5 heteroatoms. The Morgan fingerprint density at radius 2 is 1.82 bits per heavy atom. The van der Waals surface area contributed by atoms with Crippen molar-refractivity contribution in [3.8, 4) is 17.1 Å². The summed E-state index contributed by atoms with van der Waals surface area (Å²) in [7, 11) is 0. The van der Waals surface area contributed by atoms with Gasteiger partial charge in [0.1, 0.15) is 11.6 Å². The fraction of sp³-hybridized carbons (Fsp3) is 0.174. The lowest BCUT2D eigenvalue weighted by Crippen LogP contribution is -2.06. The van der Waals surface area contributed by atoms with Crippen LogP contribution in [-0.2, 0) is 6.54 Å². The Bertz CT molecular complexity index is 1120. The molecule has 0 saturated heterocycles. The first-order valence-electron chi connectivity index (χ1n) is 9.22. The van der Waals surface area contributed by atoms with E-state index in [2.05, 4.69) is 10.6 Å². The Kier molecular flexibility index (Phi) is 5.56. The molecule has 0 N–H and O–H groups in total. The first-order chi connectivity index (χ1) is 13.6. The highest BCUT2D eigenvalue weighted by atomic mass is 35.5. The van der Waals surface area contributed by atoms with Gasteiger partial charge < -0.3 is 9.30 Å². The van der Waals surface area contributed by atoms with Crippen LogP contribution in [-0.4, -0.2) is 16.2 Å². The number of ether oxygens (including phenoxy) is 1. The molecule has 0 aliphatic rings. The van der Waals surface area contributed by atoms with Gasteiger partial charge in [0.05, 0.1) is 17.6 Å². The fourth-order valence-electron chi connectivity index (χ4n) is 3.27. The van der Waals surface area contributed by atoms with Crippen molar-refractivity contribution < 1.29 is 4.74 Å². The van der Waals surface area contributed by atoms with Crippen molar-refractivity contribution in [1.29, 1.82) is 0 Å². The largest absolute Gasteiger partial charge is 0.494 e. The number of para-hydroxylation sites is 2. The molecule has 28 heavy (non-hydrogen) atoms. The van der Waals surface area contributed by atoms with Gasteiger partial charge in [-0.2, -0.15) is 0 Å². The Hall–Kier alpha value is -2.49. The van der Waals surface area contributed by atoms with Crippen LogP contribution in [0.2, 0.25) is 10.0 Å². The Balaban J connectivity index is 1.54. The monoisotopic (exact) mass is 410 g/mol. The number of fused-ring (bicyclic) bond motifs is 1. The average Bonchev–Trinajstić information content (AvgIpc) is 3.07. The molecule has 0 radical (unpaired) electrons. The van der Waals surface area contributed by atoms with Crippen molar-refractivity contribution in [2.45, 2.75) is 19.9 Å². The van der Waals surface area contributed by atoms with E-state index in [9.17, 15) is 0 Å². The van der Waals surface area contributed by atoms with Gasteiger partial charge in [-0.1, -0.05) is 47.5 Å². The van der Waals surface area contributed by atoms with Crippen molar-refractivity contribution in [3.05, 3.63) is 82.3 Å². The van der Waals surface area contributed by atoms with Gasteiger partial charge in [-0.25, -0.2) is 4.98 Å². The number of benzene rings is 3. The molecule has 0 unspecified atom stereocenters. The summed E-state index contributed by atoms with van der Waals surface area (Å²) in [6.45, 7) is 3.39. The van der Waals surface area contributed by atoms with E-state index < -0.39 is 0 Å². The van der Waals surface area contributed by atoms with Crippen LogP contribution in [0, 0.1) is 6.92 Å². The second-order valence-electron chi connectivity index (χ2n) is 6.70. The van der Waals surface area contributed by atoms with Crippen molar-refractivity contribution in [3.63, 3.8) is 0 Å². The molecule has 0 aliphatic carbocycles. The molecule has 1 heterocycles. The van der Waals surface area contributed by atoms with E-state index in [4.69, 9.17) is 32.9 Å². The van der Waals surface area contributed by atoms with Crippen molar-refractivity contribution in [2.24, 2.45) is 0 Å². The van der Waals surface area contributed by atoms with Crippen molar-refractivity contribution >= 4 is 34.2 Å².